The molecule has 0 saturated heterocycles. The highest BCUT2D eigenvalue weighted by Gasteiger charge is 2.16. The second-order valence-electron chi connectivity index (χ2n) is 5.15. The van der Waals surface area contributed by atoms with Gasteiger partial charge in [0.1, 0.15) is 0 Å². The lowest BCUT2D eigenvalue weighted by Crippen LogP contribution is -2.29. The van der Waals surface area contributed by atoms with Crippen LogP contribution in [0.2, 0.25) is 0 Å². The van der Waals surface area contributed by atoms with E-state index in [0.717, 1.165) is 4.90 Å². The number of rotatable bonds is 1. The SMILES string of the molecule is CN(C)C(=O)O.Cc1cc(OC(=O)N(C)C)nn1C(=O)N(C)C. The predicted octanol–water partition coefficient (Wildman–Crippen LogP) is 1.01. The van der Waals surface area contributed by atoms with Gasteiger partial charge in [-0.25, -0.2) is 14.4 Å². The molecule has 0 unspecified atom stereocenters. The zero-order valence-electron chi connectivity index (χ0n) is 14.4. The monoisotopic (exact) mass is 329 g/mol. The van der Waals surface area contributed by atoms with Gasteiger partial charge < -0.3 is 24.5 Å². The quantitative estimate of drug-likeness (QED) is 0.823. The van der Waals surface area contributed by atoms with Crippen molar-refractivity contribution in [1.29, 1.82) is 0 Å². The van der Waals surface area contributed by atoms with Crippen LogP contribution in [0.3, 0.4) is 0 Å². The summed E-state index contributed by atoms with van der Waals surface area (Å²) < 4.78 is 6.13. The Morgan fingerprint density at radius 2 is 1.52 bits per heavy atom. The molecular weight excluding hydrogens is 306 g/mol. The molecule has 0 radical (unpaired) electrons. The van der Waals surface area contributed by atoms with E-state index in [-0.39, 0.29) is 11.9 Å². The summed E-state index contributed by atoms with van der Waals surface area (Å²) in [4.78, 5) is 36.3. The Kier molecular flexibility index (Phi) is 7.57. The van der Waals surface area contributed by atoms with Crippen molar-refractivity contribution in [3.8, 4) is 5.88 Å². The first-order valence-electron chi connectivity index (χ1n) is 6.55. The van der Waals surface area contributed by atoms with E-state index < -0.39 is 12.2 Å². The van der Waals surface area contributed by atoms with Crippen molar-refractivity contribution < 1.29 is 24.2 Å². The summed E-state index contributed by atoms with van der Waals surface area (Å²) in [7, 11) is 9.32. The first-order chi connectivity index (χ1) is 10.5. The van der Waals surface area contributed by atoms with E-state index in [1.54, 1.807) is 35.1 Å². The van der Waals surface area contributed by atoms with Crippen molar-refractivity contribution in [3.63, 3.8) is 0 Å². The van der Waals surface area contributed by atoms with Crippen molar-refractivity contribution >= 4 is 18.2 Å². The maximum absolute atomic E-state index is 11.7. The van der Waals surface area contributed by atoms with Crippen LogP contribution in [0.25, 0.3) is 0 Å². The Balaban J connectivity index is 0.000000688. The average Bonchev–Trinajstić information content (AvgIpc) is 2.78. The number of carbonyl (C=O) groups excluding carboxylic acids is 2. The van der Waals surface area contributed by atoms with Crippen LogP contribution in [0, 0.1) is 6.92 Å². The molecule has 0 fully saturated rings. The number of amides is 3. The Hall–Kier alpha value is -2.78. The van der Waals surface area contributed by atoms with E-state index in [1.807, 2.05) is 0 Å². The van der Waals surface area contributed by atoms with Crippen LogP contribution in [0.1, 0.15) is 5.69 Å². The highest BCUT2D eigenvalue weighted by molar-refractivity contribution is 5.76. The fourth-order valence-electron chi connectivity index (χ4n) is 1.06. The molecule has 1 rings (SSSR count). The normalized spacial score (nSPS) is 9.35. The standard InChI is InChI=1S/C10H16N4O3.C3H7NO2/c1-7-6-8(17-10(16)13(4)5)11-14(7)9(15)12(2)3;1-4(2)3(5)6/h6H,1-5H3;1-2H3,(H,5,6). The number of carbonyl (C=O) groups is 3. The minimum Gasteiger partial charge on any atom is -0.465 e. The lowest BCUT2D eigenvalue weighted by atomic mass is 10.5. The summed E-state index contributed by atoms with van der Waals surface area (Å²) in [6, 6.07) is 1.23. The molecule has 10 nitrogen and oxygen atoms in total. The molecule has 1 aromatic rings. The number of hydrogen-bond acceptors (Lipinski definition) is 5. The third-order valence-electron chi connectivity index (χ3n) is 2.37. The van der Waals surface area contributed by atoms with Crippen LogP contribution in [-0.4, -0.2) is 90.1 Å². The molecule has 0 atom stereocenters. The van der Waals surface area contributed by atoms with Crippen LogP contribution >= 0.6 is 0 Å². The van der Waals surface area contributed by atoms with E-state index in [0.29, 0.717) is 5.69 Å². The summed E-state index contributed by atoms with van der Waals surface area (Å²) in [6.07, 6.45) is -1.44. The molecule has 0 saturated carbocycles. The van der Waals surface area contributed by atoms with Gasteiger partial charge in [-0.05, 0) is 6.92 Å². The molecule has 0 aliphatic rings. The van der Waals surface area contributed by atoms with Gasteiger partial charge in [0.25, 0.3) is 0 Å². The zero-order chi connectivity index (χ0) is 18.3. The molecule has 0 spiro atoms. The van der Waals surface area contributed by atoms with Crippen LogP contribution in [0.5, 0.6) is 5.88 Å². The minimum absolute atomic E-state index is 0.108. The fraction of sp³-hybridized carbons (Fsp3) is 0.538. The fourth-order valence-corrected chi connectivity index (χ4v) is 1.06. The molecule has 3 amide bonds. The molecule has 1 heterocycles. The Bertz CT molecular complexity index is 565. The highest BCUT2D eigenvalue weighted by atomic mass is 16.6. The van der Waals surface area contributed by atoms with Gasteiger partial charge in [-0.15, -0.1) is 5.10 Å². The van der Waals surface area contributed by atoms with Gasteiger partial charge in [-0.2, -0.15) is 4.68 Å². The van der Waals surface area contributed by atoms with Crippen molar-refractivity contribution in [1.82, 2.24) is 24.5 Å². The third kappa shape index (κ3) is 6.68. The van der Waals surface area contributed by atoms with E-state index in [1.165, 1.54) is 34.6 Å². The van der Waals surface area contributed by atoms with Crippen LogP contribution in [0.4, 0.5) is 14.4 Å². The average molecular weight is 329 g/mol. The Morgan fingerprint density at radius 1 is 1.04 bits per heavy atom. The minimum atomic E-state index is -0.907. The Morgan fingerprint density at radius 3 is 1.87 bits per heavy atom. The highest BCUT2D eigenvalue weighted by Crippen LogP contribution is 2.12. The lowest BCUT2D eigenvalue weighted by Gasteiger charge is -2.10. The van der Waals surface area contributed by atoms with Gasteiger partial charge in [0.2, 0.25) is 5.88 Å². The molecule has 1 aromatic heterocycles. The first kappa shape index (κ1) is 20.2. The number of ether oxygens (including phenoxy) is 1. The molecule has 0 bridgehead atoms. The molecule has 0 aromatic carbocycles. The summed E-state index contributed by atoms with van der Waals surface area (Å²) >= 11 is 0. The molecule has 1 N–H and O–H groups in total. The molecule has 0 aliphatic carbocycles. The topological polar surface area (TPSA) is 108 Å². The Labute approximate surface area is 134 Å². The number of carboxylic acid groups (broad SMARTS) is 1. The number of hydrogen-bond donors (Lipinski definition) is 1. The van der Waals surface area contributed by atoms with Gasteiger partial charge in [0.05, 0.1) is 5.69 Å². The van der Waals surface area contributed by atoms with Gasteiger partial charge >= 0.3 is 18.2 Å². The van der Waals surface area contributed by atoms with Crippen molar-refractivity contribution in [2.75, 3.05) is 42.3 Å². The summed E-state index contributed by atoms with van der Waals surface area (Å²) in [6.45, 7) is 1.71. The van der Waals surface area contributed by atoms with E-state index in [2.05, 4.69) is 5.10 Å². The summed E-state index contributed by atoms with van der Waals surface area (Å²) in [5.41, 5.74) is 0.602. The smallest absolute Gasteiger partial charge is 0.416 e. The van der Waals surface area contributed by atoms with Crippen LogP contribution in [-0.2, 0) is 0 Å². The largest absolute Gasteiger partial charge is 0.465 e. The molecule has 23 heavy (non-hydrogen) atoms. The first-order valence-corrected chi connectivity index (χ1v) is 6.55. The predicted molar refractivity (Wildman–Crippen MR) is 82.9 cm³/mol. The summed E-state index contributed by atoms with van der Waals surface area (Å²) in [5, 5.41) is 11.8. The van der Waals surface area contributed by atoms with Crippen molar-refractivity contribution in [2.24, 2.45) is 0 Å². The number of nitrogens with zero attached hydrogens (tertiary/aromatic N) is 5. The maximum Gasteiger partial charge on any atom is 0.416 e. The van der Waals surface area contributed by atoms with E-state index >= 15 is 0 Å². The molecular formula is C13H23N5O5. The van der Waals surface area contributed by atoms with E-state index in [4.69, 9.17) is 9.84 Å². The third-order valence-corrected chi connectivity index (χ3v) is 2.37. The van der Waals surface area contributed by atoms with Crippen LogP contribution < -0.4 is 4.74 Å². The summed E-state index contributed by atoms with van der Waals surface area (Å²) in [5.74, 6) is 0.108. The molecule has 130 valence electrons. The second kappa shape index (κ2) is 8.61. The maximum atomic E-state index is 11.7. The number of aryl methyl sites for hydroxylation is 1. The lowest BCUT2D eigenvalue weighted by molar-refractivity contribution is 0.165. The number of aromatic nitrogens is 2. The van der Waals surface area contributed by atoms with Gasteiger partial charge in [-0.1, -0.05) is 0 Å². The zero-order valence-corrected chi connectivity index (χ0v) is 14.4. The van der Waals surface area contributed by atoms with Crippen molar-refractivity contribution in [2.45, 2.75) is 6.92 Å². The molecule has 10 heteroatoms. The second-order valence-corrected chi connectivity index (χ2v) is 5.15. The van der Waals surface area contributed by atoms with Gasteiger partial charge in [-0.3, -0.25) is 0 Å². The van der Waals surface area contributed by atoms with Crippen LogP contribution in [0.15, 0.2) is 6.07 Å². The van der Waals surface area contributed by atoms with Gasteiger partial charge in [0, 0.05) is 48.4 Å². The molecule has 0 aliphatic heterocycles. The van der Waals surface area contributed by atoms with Crippen molar-refractivity contribution in [3.05, 3.63) is 11.8 Å². The van der Waals surface area contributed by atoms with Gasteiger partial charge in [0.15, 0.2) is 0 Å². The van der Waals surface area contributed by atoms with E-state index in [9.17, 15) is 14.4 Å².